The first kappa shape index (κ1) is 18.3. The lowest BCUT2D eigenvalue weighted by Crippen LogP contribution is -2.33. The van der Waals surface area contributed by atoms with E-state index in [1.807, 2.05) is 12.1 Å². The molecule has 4 rings (SSSR count). The van der Waals surface area contributed by atoms with Crippen LogP contribution in [0.15, 0.2) is 36.4 Å². The van der Waals surface area contributed by atoms with Gasteiger partial charge >= 0.3 is 0 Å². The van der Waals surface area contributed by atoms with E-state index < -0.39 is 0 Å². The molecule has 1 fully saturated rings. The molecule has 1 aromatic carbocycles. The van der Waals surface area contributed by atoms with Crippen molar-refractivity contribution in [2.75, 3.05) is 11.9 Å². The lowest BCUT2D eigenvalue weighted by atomic mass is 9.96. The Kier molecular flexibility index (Phi) is 4.49. The Morgan fingerprint density at radius 3 is 2.61 bits per heavy atom. The van der Waals surface area contributed by atoms with Gasteiger partial charge in [0.2, 0.25) is 5.91 Å². The van der Waals surface area contributed by atoms with Gasteiger partial charge in [0, 0.05) is 18.5 Å². The second-order valence-corrected chi connectivity index (χ2v) is 8.13. The van der Waals surface area contributed by atoms with Gasteiger partial charge in [0.15, 0.2) is 11.5 Å². The summed E-state index contributed by atoms with van der Waals surface area (Å²) < 4.78 is 14.8. The summed E-state index contributed by atoms with van der Waals surface area (Å²) in [5.74, 6) is 1.12. The third kappa shape index (κ3) is 3.54. The van der Waals surface area contributed by atoms with E-state index in [2.05, 4.69) is 41.4 Å². The Bertz CT molecular complexity index is 1010. The zero-order valence-corrected chi connectivity index (χ0v) is 16.2. The van der Waals surface area contributed by atoms with Crippen LogP contribution in [0.5, 0.6) is 0 Å². The van der Waals surface area contributed by atoms with Gasteiger partial charge in [-0.25, -0.2) is 4.39 Å². The zero-order chi connectivity index (χ0) is 19.9. The molecule has 146 valence electrons. The van der Waals surface area contributed by atoms with Crippen LogP contribution in [0.25, 0.3) is 5.65 Å². The predicted molar refractivity (Wildman–Crippen MR) is 103 cm³/mol. The number of fused-ring (bicyclic) bond motifs is 1. The molecule has 2 aromatic heterocycles. The number of amides is 1. The molecule has 0 spiro atoms. The number of aromatic nitrogens is 4. The summed E-state index contributed by atoms with van der Waals surface area (Å²) >= 11 is 0. The quantitative estimate of drug-likeness (QED) is 0.751. The summed E-state index contributed by atoms with van der Waals surface area (Å²) in [6.45, 7) is 7.29. The predicted octanol–water partition coefficient (Wildman–Crippen LogP) is 2.77. The van der Waals surface area contributed by atoms with Crippen molar-refractivity contribution in [3.8, 4) is 0 Å². The van der Waals surface area contributed by atoms with Crippen LogP contribution >= 0.6 is 0 Å². The number of nitrogens with zero attached hydrogens (tertiary/aromatic N) is 5. The number of nitrogens with one attached hydrogen (secondary N) is 1. The number of carbonyl (C=O) groups is 1. The fourth-order valence-electron chi connectivity index (χ4n) is 3.35. The number of benzene rings is 1. The van der Waals surface area contributed by atoms with Gasteiger partial charge in [-0.3, -0.25) is 4.79 Å². The molecule has 1 unspecified atom stereocenters. The van der Waals surface area contributed by atoms with Crippen molar-refractivity contribution in [1.82, 2.24) is 24.7 Å². The average molecular weight is 382 g/mol. The van der Waals surface area contributed by atoms with Crippen LogP contribution in [0.1, 0.15) is 38.6 Å². The Labute approximate surface area is 162 Å². The molecule has 3 heterocycles. The number of anilines is 1. The summed E-state index contributed by atoms with van der Waals surface area (Å²) in [5, 5.41) is 16.2. The van der Waals surface area contributed by atoms with Crippen molar-refractivity contribution in [3.05, 3.63) is 53.6 Å². The first-order valence-electron chi connectivity index (χ1n) is 9.34. The molecule has 1 aliphatic rings. The van der Waals surface area contributed by atoms with Gasteiger partial charge in [0.1, 0.15) is 17.7 Å². The van der Waals surface area contributed by atoms with Crippen molar-refractivity contribution in [2.24, 2.45) is 0 Å². The number of carbonyl (C=O) groups excluding carboxylic acids is 1. The average Bonchev–Trinajstić information content (AvgIpc) is 3.22. The Balaban J connectivity index is 1.48. The van der Waals surface area contributed by atoms with E-state index in [0.717, 1.165) is 11.4 Å². The first-order chi connectivity index (χ1) is 13.3. The molecule has 7 nitrogen and oxygen atoms in total. The SMILES string of the molecule is CC(C)(C)c1nnc2ccc(NC3CCN(Cc4ccc(F)cc4)C3=O)nn12. The zero-order valence-electron chi connectivity index (χ0n) is 16.2. The van der Waals surface area contributed by atoms with E-state index >= 15 is 0 Å². The summed E-state index contributed by atoms with van der Waals surface area (Å²) in [6, 6.07) is 9.56. The summed E-state index contributed by atoms with van der Waals surface area (Å²) in [4.78, 5) is 14.5. The molecule has 1 N–H and O–H groups in total. The van der Waals surface area contributed by atoms with Crippen LogP contribution in [0.2, 0.25) is 0 Å². The monoisotopic (exact) mass is 382 g/mol. The van der Waals surface area contributed by atoms with E-state index in [1.165, 1.54) is 12.1 Å². The molecule has 1 saturated heterocycles. The third-order valence-electron chi connectivity index (χ3n) is 4.84. The lowest BCUT2D eigenvalue weighted by molar-refractivity contribution is -0.128. The molecule has 1 atom stereocenters. The van der Waals surface area contributed by atoms with E-state index in [1.54, 1.807) is 21.5 Å². The fourth-order valence-corrected chi connectivity index (χ4v) is 3.35. The second-order valence-electron chi connectivity index (χ2n) is 8.13. The minimum atomic E-state index is -0.333. The summed E-state index contributed by atoms with van der Waals surface area (Å²) in [6.07, 6.45) is 0.689. The topological polar surface area (TPSA) is 75.4 Å². The molecule has 1 amide bonds. The van der Waals surface area contributed by atoms with Gasteiger partial charge < -0.3 is 10.2 Å². The van der Waals surface area contributed by atoms with Crippen molar-refractivity contribution in [2.45, 2.75) is 45.2 Å². The number of hydrogen-bond acceptors (Lipinski definition) is 5. The molecule has 1 aliphatic heterocycles. The minimum absolute atomic E-state index is 0.0195. The largest absolute Gasteiger partial charge is 0.357 e. The molecule has 28 heavy (non-hydrogen) atoms. The number of likely N-dealkylation sites (tertiary alicyclic amines) is 1. The Morgan fingerprint density at radius 2 is 1.89 bits per heavy atom. The highest BCUT2D eigenvalue weighted by Crippen LogP contribution is 2.22. The molecule has 8 heteroatoms. The van der Waals surface area contributed by atoms with Crippen LogP contribution in [-0.2, 0) is 16.8 Å². The van der Waals surface area contributed by atoms with Crippen molar-refractivity contribution in [3.63, 3.8) is 0 Å². The van der Waals surface area contributed by atoms with Crippen molar-refractivity contribution in [1.29, 1.82) is 0 Å². The van der Waals surface area contributed by atoms with E-state index in [-0.39, 0.29) is 23.2 Å². The maximum Gasteiger partial charge on any atom is 0.245 e. The number of rotatable bonds is 4. The summed E-state index contributed by atoms with van der Waals surface area (Å²) in [7, 11) is 0. The normalized spacial score (nSPS) is 17.5. The second kappa shape index (κ2) is 6.85. The lowest BCUT2D eigenvalue weighted by Gasteiger charge is -2.18. The number of hydrogen-bond donors (Lipinski definition) is 1. The van der Waals surface area contributed by atoms with Crippen molar-refractivity contribution >= 4 is 17.4 Å². The molecule has 0 radical (unpaired) electrons. The smallest absolute Gasteiger partial charge is 0.245 e. The van der Waals surface area contributed by atoms with Gasteiger partial charge in [-0.2, -0.15) is 4.52 Å². The van der Waals surface area contributed by atoms with Crippen LogP contribution in [0, 0.1) is 5.82 Å². The molecule has 0 bridgehead atoms. The van der Waals surface area contributed by atoms with Crippen LogP contribution < -0.4 is 5.32 Å². The maximum atomic E-state index is 13.1. The molecule has 0 aliphatic carbocycles. The highest BCUT2D eigenvalue weighted by Gasteiger charge is 2.32. The van der Waals surface area contributed by atoms with Crippen molar-refractivity contribution < 1.29 is 9.18 Å². The molecular formula is C20H23FN6O. The summed E-state index contributed by atoms with van der Waals surface area (Å²) in [5.41, 5.74) is 1.39. The van der Waals surface area contributed by atoms with E-state index in [0.29, 0.717) is 31.0 Å². The van der Waals surface area contributed by atoms with E-state index in [4.69, 9.17) is 0 Å². The maximum absolute atomic E-state index is 13.1. The Morgan fingerprint density at radius 1 is 1.14 bits per heavy atom. The van der Waals surface area contributed by atoms with Gasteiger partial charge in [-0.05, 0) is 36.2 Å². The van der Waals surface area contributed by atoms with Crippen LogP contribution in [0.3, 0.4) is 0 Å². The van der Waals surface area contributed by atoms with Gasteiger partial charge in [-0.15, -0.1) is 15.3 Å². The fraction of sp³-hybridized carbons (Fsp3) is 0.400. The number of halogens is 1. The highest BCUT2D eigenvalue weighted by atomic mass is 19.1. The van der Waals surface area contributed by atoms with Gasteiger partial charge in [0.05, 0.1) is 0 Å². The molecule has 3 aromatic rings. The van der Waals surface area contributed by atoms with Gasteiger partial charge in [0.25, 0.3) is 0 Å². The van der Waals surface area contributed by atoms with Crippen LogP contribution in [-0.4, -0.2) is 43.2 Å². The van der Waals surface area contributed by atoms with E-state index in [9.17, 15) is 9.18 Å². The third-order valence-corrected chi connectivity index (χ3v) is 4.84. The first-order valence-corrected chi connectivity index (χ1v) is 9.34. The Hall–Kier alpha value is -3.03. The molecule has 0 saturated carbocycles. The highest BCUT2D eigenvalue weighted by molar-refractivity contribution is 5.86. The van der Waals surface area contributed by atoms with Crippen LogP contribution in [0.4, 0.5) is 10.2 Å². The minimum Gasteiger partial charge on any atom is -0.357 e. The van der Waals surface area contributed by atoms with Gasteiger partial charge in [-0.1, -0.05) is 32.9 Å². The molecular weight excluding hydrogens is 359 g/mol. The standard InChI is InChI=1S/C20H23FN6O/c1-20(2,3)19-24-23-17-9-8-16(25-27(17)19)22-15-10-11-26(18(15)28)12-13-4-6-14(21)7-5-13/h4-9,15H,10-12H2,1-3H3,(H,22,25).